The van der Waals surface area contributed by atoms with E-state index in [0.29, 0.717) is 0 Å². The van der Waals surface area contributed by atoms with Crippen LogP contribution in [0.15, 0.2) is 17.3 Å². The molecule has 0 bridgehead atoms. The zero-order valence-electron chi connectivity index (χ0n) is 8.74. The highest BCUT2D eigenvalue weighted by Gasteiger charge is 2.26. The van der Waals surface area contributed by atoms with Crippen LogP contribution in [0.5, 0.6) is 0 Å². The third-order valence-corrected chi connectivity index (χ3v) is 2.39. The van der Waals surface area contributed by atoms with Crippen LogP contribution in [0.25, 0.3) is 0 Å². The van der Waals surface area contributed by atoms with E-state index in [2.05, 4.69) is 20.5 Å². The molecule has 2 rings (SSSR count). The van der Waals surface area contributed by atoms with Crippen LogP contribution < -0.4 is 5.32 Å². The van der Waals surface area contributed by atoms with Gasteiger partial charge in [-0.15, -0.1) is 0 Å². The fourth-order valence-electron chi connectivity index (χ4n) is 1.65. The van der Waals surface area contributed by atoms with Gasteiger partial charge in [0.15, 0.2) is 0 Å². The largest absolute Gasteiger partial charge is 0.364 e. The number of aromatic nitrogens is 2. The van der Waals surface area contributed by atoms with Crippen LogP contribution >= 0.6 is 0 Å². The van der Waals surface area contributed by atoms with Crippen molar-refractivity contribution in [3.05, 3.63) is 23.5 Å². The Kier molecular flexibility index (Phi) is 2.62. The number of rotatable bonds is 1. The summed E-state index contributed by atoms with van der Waals surface area (Å²) in [4.78, 5) is 4.00. The first-order chi connectivity index (χ1) is 7.16. The Bertz CT molecular complexity index is 391. The molecule has 2 heterocycles. The van der Waals surface area contributed by atoms with Gasteiger partial charge in [-0.05, 0) is 25.5 Å². The lowest BCUT2D eigenvalue weighted by atomic mass is 10.0. The van der Waals surface area contributed by atoms with Gasteiger partial charge in [0.25, 0.3) is 0 Å². The van der Waals surface area contributed by atoms with Crippen LogP contribution in [-0.2, 0) is 0 Å². The summed E-state index contributed by atoms with van der Waals surface area (Å²) in [6.07, 6.45) is 0.591. The Morgan fingerprint density at radius 2 is 2.27 bits per heavy atom. The lowest BCUT2D eigenvalue weighted by Crippen LogP contribution is -2.39. The van der Waals surface area contributed by atoms with E-state index in [1.54, 1.807) is 6.20 Å². The van der Waals surface area contributed by atoms with Gasteiger partial charge in [0.1, 0.15) is 6.17 Å². The summed E-state index contributed by atoms with van der Waals surface area (Å²) in [5, 5.41) is 10.7. The maximum absolute atomic E-state index is 13.6. The second-order valence-electron chi connectivity index (χ2n) is 3.69. The molecule has 1 aromatic rings. The quantitative estimate of drug-likeness (QED) is 0.754. The van der Waals surface area contributed by atoms with Crippen molar-refractivity contribution in [1.82, 2.24) is 15.5 Å². The maximum Gasteiger partial charge on any atom is 0.144 e. The molecule has 0 spiro atoms. The van der Waals surface area contributed by atoms with Crippen LogP contribution in [-0.4, -0.2) is 28.7 Å². The molecule has 0 saturated heterocycles. The number of hydrogen-bond acceptors (Lipinski definition) is 4. The minimum atomic E-state index is -1.00. The van der Waals surface area contributed by atoms with Crippen molar-refractivity contribution >= 4 is 5.84 Å². The predicted octanol–water partition coefficient (Wildman–Crippen LogP) is 1.19. The van der Waals surface area contributed by atoms with Gasteiger partial charge in [0.05, 0.1) is 30.3 Å². The molecule has 0 amide bonds. The van der Waals surface area contributed by atoms with Gasteiger partial charge in [-0.3, -0.25) is 4.99 Å². The number of aryl methyl sites for hydroxylation is 1. The minimum Gasteiger partial charge on any atom is -0.364 e. The number of aliphatic imine (C=N–C) groups is 1. The van der Waals surface area contributed by atoms with Gasteiger partial charge < -0.3 is 5.32 Å². The summed E-state index contributed by atoms with van der Waals surface area (Å²) in [6.45, 7) is 3.89. The van der Waals surface area contributed by atoms with Crippen LogP contribution in [0, 0.1) is 6.92 Å². The average Bonchev–Trinajstić information content (AvgIpc) is 2.22. The molecule has 1 aromatic heterocycles. The zero-order chi connectivity index (χ0) is 10.8. The van der Waals surface area contributed by atoms with E-state index in [4.69, 9.17) is 0 Å². The lowest BCUT2D eigenvalue weighted by molar-refractivity contribution is 0.266. The van der Waals surface area contributed by atoms with Crippen molar-refractivity contribution < 1.29 is 4.39 Å². The average molecular weight is 208 g/mol. The van der Waals surface area contributed by atoms with Gasteiger partial charge in [-0.2, -0.15) is 10.2 Å². The fourth-order valence-corrected chi connectivity index (χ4v) is 1.65. The molecule has 80 valence electrons. The first-order valence-electron chi connectivity index (χ1n) is 4.87. The Morgan fingerprint density at radius 3 is 3.00 bits per heavy atom. The van der Waals surface area contributed by atoms with E-state index in [1.165, 1.54) is 0 Å². The predicted molar refractivity (Wildman–Crippen MR) is 55.5 cm³/mol. The molecular weight excluding hydrogens is 195 g/mol. The summed E-state index contributed by atoms with van der Waals surface area (Å²) in [5.41, 5.74) is 1.62. The Labute approximate surface area is 87.6 Å². The second-order valence-corrected chi connectivity index (χ2v) is 3.69. The van der Waals surface area contributed by atoms with Gasteiger partial charge in [-0.25, -0.2) is 4.39 Å². The maximum atomic E-state index is 13.6. The van der Waals surface area contributed by atoms with Crippen molar-refractivity contribution in [2.24, 2.45) is 4.99 Å². The number of nitrogens with zero attached hydrogens (tertiary/aromatic N) is 3. The first kappa shape index (κ1) is 10.0. The molecule has 0 radical (unpaired) electrons. The number of halogens is 1. The van der Waals surface area contributed by atoms with Gasteiger partial charge in [-0.1, -0.05) is 0 Å². The highest BCUT2D eigenvalue weighted by Crippen LogP contribution is 2.21. The van der Waals surface area contributed by atoms with Gasteiger partial charge in [0, 0.05) is 0 Å². The number of alkyl halides is 1. The molecule has 4 nitrogen and oxygen atoms in total. The van der Waals surface area contributed by atoms with Crippen molar-refractivity contribution in [1.29, 1.82) is 0 Å². The van der Waals surface area contributed by atoms with E-state index in [-0.39, 0.29) is 12.6 Å². The first-order valence-corrected chi connectivity index (χ1v) is 4.87. The van der Waals surface area contributed by atoms with Crippen LogP contribution in [0.2, 0.25) is 0 Å². The Morgan fingerprint density at radius 1 is 1.47 bits per heavy atom. The van der Waals surface area contributed by atoms with Crippen molar-refractivity contribution in [2.75, 3.05) is 6.54 Å². The molecule has 5 heteroatoms. The van der Waals surface area contributed by atoms with Crippen LogP contribution in [0.3, 0.4) is 0 Å². The number of amidine groups is 1. The SMILES string of the molecule is CC1=NCC(F)C(c2cnnc(C)c2)N1. The molecule has 1 aliphatic heterocycles. The number of hydrogen-bond donors (Lipinski definition) is 1. The normalized spacial score (nSPS) is 25.7. The molecule has 0 fully saturated rings. The molecule has 0 aliphatic carbocycles. The summed E-state index contributed by atoms with van der Waals surface area (Å²) in [6, 6.07) is 1.49. The highest BCUT2D eigenvalue weighted by atomic mass is 19.1. The van der Waals surface area contributed by atoms with E-state index in [1.807, 2.05) is 19.9 Å². The van der Waals surface area contributed by atoms with Crippen molar-refractivity contribution in [2.45, 2.75) is 26.1 Å². The monoisotopic (exact) mass is 208 g/mol. The van der Waals surface area contributed by atoms with Crippen LogP contribution in [0.1, 0.15) is 24.2 Å². The van der Waals surface area contributed by atoms with Gasteiger partial charge >= 0.3 is 0 Å². The van der Waals surface area contributed by atoms with E-state index >= 15 is 0 Å². The van der Waals surface area contributed by atoms with Crippen molar-refractivity contribution in [3.63, 3.8) is 0 Å². The molecule has 0 saturated carbocycles. The Hall–Kier alpha value is -1.52. The van der Waals surface area contributed by atoms with E-state index in [0.717, 1.165) is 17.1 Å². The molecular formula is C10H13FN4. The smallest absolute Gasteiger partial charge is 0.144 e. The molecule has 15 heavy (non-hydrogen) atoms. The van der Waals surface area contributed by atoms with E-state index in [9.17, 15) is 4.39 Å². The summed E-state index contributed by atoms with van der Waals surface area (Å²) in [7, 11) is 0. The van der Waals surface area contributed by atoms with E-state index < -0.39 is 6.17 Å². The summed E-state index contributed by atoms with van der Waals surface area (Å²) < 4.78 is 13.6. The second kappa shape index (κ2) is 3.92. The van der Waals surface area contributed by atoms with Crippen LogP contribution in [0.4, 0.5) is 4.39 Å². The fraction of sp³-hybridized carbons (Fsp3) is 0.500. The standard InChI is InChI=1S/C10H13FN4/c1-6-3-8(4-13-15-6)10-9(11)5-12-7(2)14-10/h3-4,9-10H,5H2,1-2H3,(H,12,14). The molecule has 1 N–H and O–H groups in total. The highest BCUT2D eigenvalue weighted by molar-refractivity contribution is 5.80. The molecule has 1 aliphatic rings. The molecule has 0 aromatic carbocycles. The topological polar surface area (TPSA) is 50.2 Å². The zero-order valence-corrected chi connectivity index (χ0v) is 8.74. The minimum absolute atomic E-state index is 0.213. The Balaban J connectivity index is 2.27. The lowest BCUT2D eigenvalue weighted by Gasteiger charge is -2.26. The summed E-state index contributed by atoms with van der Waals surface area (Å²) in [5.74, 6) is 0.767. The molecule has 2 unspecified atom stereocenters. The number of nitrogens with one attached hydrogen (secondary N) is 1. The third kappa shape index (κ3) is 2.11. The third-order valence-electron chi connectivity index (χ3n) is 2.39. The molecule has 2 atom stereocenters. The van der Waals surface area contributed by atoms with Gasteiger partial charge in [0.2, 0.25) is 0 Å². The summed E-state index contributed by atoms with van der Waals surface area (Å²) >= 11 is 0. The van der Waals surface area contributed by atoms with Crippen molar-refractivity contribution in [3.8, 4) is 0 Å².